The van der Waals surface area contributed by atoms with Gasteiger partial charge in [-0.2, -0.15) is 0 Å². The number of carbonyl (C=O) groups is 6. The molecule has 0 spiro atoms. The van der Waals surface area contributed by atoms with E-state index in [1.165, 1.54) is 16.9 Å². The fourth-order valence-corrected chi connectivity index (χ4v) is 3.86. The summed E-state index contributed by atoms with van der Waals surface area (Å²) < 4.78 is 5.15. The van der Waals surface area contributed by atoms with Gasteiger partial charge in [-0.3, -0.25) is 29.0 Å². The van der Waals surface area contributed by atoms with Gasteiger partial charge < -0.3 is 14.5 Å². The Morgan fingerprint density at radius 2 is 1.22 bits per heavy atom. The molecule has 0 saturated carbocycles. The van der Waals surface area contributed by atoms with Gasteiger partial charge in [0, 0.05) is 30.8 Å². The Morgan fingerprint density at radius 3 is 1.63 bits per heavy atom. The molecule has 2 aliphatic rings. The van der Waals surface area contributed by atoms with Crippen molar-refractivity contribution in [3.63, 3.8) is 0 Å². The highest BCUT2D eigenvalue weighted by atomic mass is 16.5. The number of hydrogen-bond acceptors (Lipinski definition) is 7. The molecule has 0 unspecified atom stereocenters. The van der Waals surface area contributed by atoms with Gasteiger partial charge >= 0.3 is 12.1 Å². The van der Waals surface area contributed by atoms with Crippen LogP contribution in [0.15, 0.2) is 36.4 Å². The minimum absolute atomic E-state index is 0.0284. The van der Waals surface area contributed by atoms with E-state index in [-0.39, 0.29) is 50.1 Å². The predicted molar refractivity (Wildman–Crippen MR) is 148 cm³/mol. The maximum Gasteiger partial charge on any atom is 0.327 e. The molecule has 6 amide bonds. The number of benzene rings is 2. The number of rotatable bonds is 5. The molecule has 11 nitrogen and oxygen atoms in total. The smallest absolute Gasteiger partial charge is 0.327 e. The molecule has 2 saturated heterocycles. The van der Waals surface area contributed by atoms with Gasteiger partial charge in [0.25, 0.3) is 11.8 Å². The zero-order valence-corrected chi connectivity index (χ0v) is 23.1. The number of nitrogens with zero attached hydrogens (tertiary/aromatic N) is 4. The van der Waals surface area contributed by atoms with E-state index in [9.17, 15) is 28.8 Å². The number of methoxy groups -OCH3 is 1. The lowest BCUT2D eigenvalue weighted by Crippen LogP contribution is -2.31. The first-order chi connectivity index (χ1) is 19.6. The average Bonchev–Trinajstić information content (AvgIpc) is 3.35. The molecule has 0 radical (unpaired) electrons. The van der Waals surface area contributed by atoms with Crippen molar-refractivity contribution < 1.29 is 33.5 Å². The number of ether oxygens (including phenoxy) is 1. The Hall–Kier alpha value is -5.42. The molecule has 0 aliphatic carbocycles. The summed E-state index contributed by atoms with van der Waals surface area (Å²) in [5, 5.41) is 0. The largest absolute Gasteiger partial charge is 0.495 e. The van der Waals surface area contributed by atoms with E-state index in [1.807, 2.05) is 6.92 Å². The van der Waals surface area contributed by atoms with Crippen LogP contribution in [0.5, 0.6) is 5.75 Å². The number of imide groups is 2. The quantitative estimate of drug-likeness (QED) is 0.313. The van der Waals surface area contributed by atoms with Gasteiger partial charge in [-0.05, 0) is 36.8 Å². The summed E-state index contributed by atoms with van der Waals surface area (Å²) in [5.74, 6) is 11.3. The summed E-state index contributed by atoms with van der Waals surface area (Å²) in [6, 6.07) is 9.38. The highest BCUT2D eigenvalue weighted by molar-refractivity contribution is 6.02. The number of urea groups is 2. The van der Waals surface area contributed by atoms with Gasteiger partial charge in [-0.15, -0.1) is 0 Å². The standard InChI is InChI=1S/C15H14N2O4.C15H14N2O3/c1-16-9-14(19)17(15(16)20)7-3-4-12-6-5-11(10-18)8-13(12)21-2;1-11-8-12(10-18)5-6-13(11)4-3-7-17-14(19)9-16(2)15(17)20/h5-6,8,10H,7,9H2,1-2H3;5-6,8,10H,7,9H2,1-2H3. The summed E-state index contributed by atoms with van der Waals surface area (Å²) >= 11 is 0. The van der Waals surface area contributed by atoms with Crippen LogP contribution in [0.1, 0.15) is 37.4 Å². The maximum absolute atomic E-state index is 11.7. The van der Waals surface area contributed by atoms with E-state index < -0.39 is 0 Å². The fourth-order valence-electron chi connectivity index (χ4n) is 3.86. The highest BCUT2D eigenvalue weighted by Crippen LogP contribution is 2.18. The summed E-state index contributed by atoms with van der Waals surface area (Å²) in [6.07, 6.45) is 1.50. The van der Waals surface area contributed by atoms with Gasteiger partial charge in [0.2, 0.25) is 0 Å². The molecule has 2 fully saturated rings. The topological polar surface area (TPSA) is 125 Å². The van der Waals surface area contributed by atoms with Gasteiger partial charge in [-0.1, -0.05) is 35.8 Å². The second kappa shape index (κ2) is 13.6. The SMILES string of the molecule is COc1cc(C=O)ccc1C#CCN1C(=O)CN(C)C1=O.Cc1cc(C=O)ccc1C#CCN1C(=O)CN(C)C1=O. The molecule has 2 heterocycles. The van der Waals surface area contributed by atoms with Crippen molar-refractivity contribution in [3.05, 3.63) is 64.2 Å². The summed E-state index contributed by atoms with van der Waals surface area (Å²) in [6.45, 7) is 2.15. The molecule has 11 heteroatoms. The summed E-state index contributed by atoms with van der Waals surface area (Å²) in [5.41, 5.74) is 3.35. The van der Waals surface area contributed by atoms with Crippen LogP contribution in [-0.4, -0.2) is 103 Å². The minimum atomic E-state index is -0.349. The number of aldehydes is 2. The van der Waals surface area contributed by atoms with Gasteiger partial charge in [0.1, 0.15) is 31.4 Å². The van der Waals surface area contributed by atoms with E-state index >= 15 is 0 Å². The van der Waals surface area contributed by atoms with E-state index in [4.69, 9.17) is 4.74 Å². The molecule has 0 atom stereocenters. The van der Waals surface area contributed by atoms with Crippen molar-refractivity contribution in [2.75, 3.05) is 47.4 Å². The lowest BCUT2D eigenvalue weighted by atomic mass is 10.1. The van der Waals surface area contributed by atoms with Crippen molar-refractivity contribution in [1.29, 1.82) is 0 Å². The zero-order valence-electron chi connectivity index (χ0n) is 23.1. The van der Waals surface area contributed by atoms with E-state index in [0.29, 0.717) is 22.4 Å². The highest BCUT2D eigenvalue weighted by Gasteiger charge is 2.33. The third-order valence-electron chi connectivity index (χ3n) is 6.13. The maximum atomic E-state index is 11.7. The molecule has 2 aliphatic heterocycles. The predicted octanol–water partition coefficient (Wildman–Crippen LogP) is 1.81. The lowest BCUT2D eigenvalue weighted by Gasteiger charge is -2.09. The Balaban J connectivity index is 0.000000226. The first-order valence-corrected chi connectivity index (χ1v) is 12.4. The molecule has 4 rings (SSSR count). The van der Waals surface area contributed by atoms with Crippen LogP contribution in [0.4, 0.5) is 9.59 Å². The molecule has 0 N–H and O–H groups in total. The van der Waals surface area contributed by atoms with E-state index in [2.05, 4.69) is 23.7 Å². The Kier molecular flexibility index (Phi) is 9.98. The molecule has 0 aromatic heterocycles. The molecule has 210 valence electrons. The van der Waals surface area contributed by atoms with Crippen LogP contribution < -0.4 is 4.74 Å². The molecular weight excluding hydrogens is 528 g/mol. The molecule has 41 heavy (non-hydrogen) atoms. The van der Waals surface area contributed by atoms with Gasteiger partial charge in [0.15, 0.2) is 0 Å². The van der Waals surface area contributed by atoms with Crippen LogP contribution in [-0.2, 0) is 9.59 Å². The van der Waals surface area contributed by atoms with Crippen molar-refractivity contribution >= 4 is 36.4 Å². The number of hydrogen-bond donors (Lipinski definition) is 0. The Bertz CT molecular complexity index is 1530. The third kappa shape index (κ3) is 7.37. The van der Waals surface area contributed by atoms with E-state index in [0.717, 1.165) is 33.5 Å². The van der Waals surface area contributed by atoms with Crippen molar-refractivity contribution in [2.45, 2.75) is 6.92 Å². The Labute approximate surface area is 237 Å². The van der Waals surface area contributed by atoms with Crippen LogP contribution >= 0.6 is 0 Å². The first-order valence-electron chi connectivity index (χ1n) is 12.4. The van der Waals surface area contributed by atoms with Crippen LogP contribution in [0.2, 0.25) is 0 Å². The monoisotopic (exact) mass is 556 g/mol. The van der Waals surface area contributed by atoms with Crippen LogP contribution in [0.3, 0.4) is 0 Å². The molecular formula is C30H28N4O7. The Morgan fingerprint density at radius 1 is 0.756 bits per heavy atom. The molecule has 0 bridgehead atoms. The van der Waals surface area contributed by atoms with Crippen LogP contribution in [0, 0.1) is 30.6 Å². The second-order valence-electron chi connectivity index (χ2n) is 9.11. The van der Waals surface area contributed by atoms with Gasteiger partial charge in [0.05, 0.1) is 25.8 Å². The van der Waals surface area contributed by atoms with Crippen molar-refractivity contribution in [1.82, 2.24) is 19.6 Å². The lowest BCUT2D eigenvalue weighted by molar-refractivity contribution is -0.125. The molecule has 2 aromatic carbocycles. The van der Waals surface area contributed by atoms with Crippen molar-refractivity contribution in [2.24, 2.45) is 0 Å². The molecule has 2 aromatic rings. The number of carbonyl (C=O) groups excluding carboxylic acids is 6. The van der Waals surface area contributed by atoms with Crippen molar-refractivity contribution in [3.8, 4) is 29.4 Å². The number of likely N-dealkylation sites (N-methyl/N-ethyl adjacent to an activating group) is 2. The minimum Gasteiger partial charge on any atom is -0.495 e. The first kappa shape index (κ1) is 30.1. The third-order valence-corrected chi connectivity index (χ3v) is 6.13. The van der Waals surface area contributed by atoms with Gasteiger partial charge in [-0.25, -0.2) is 9.59 Å². The van der Waals surface area contributed by atoms with E-state index in [1.54, 1.807) is 50.5 Å². The zero-order chi connectivity index (χ0) is 30.1. The summed E-state index contributed by atoms with van der Waals surface area (Å²) in [4.78, 5) is 72.7. The fraction of sp³-hybridized carbons (Fsp3) is 0.267. The number of amides is 6. The number of aryl methyl sites for hydroxylation is 1. The summed E-state index contributed by atoms with van der Waals surface area (Å²) in [7, 11) is 4.63. The normalized spacial score (nSPS) is 14.1. The average molecular weight is 557 g/mol. The second-order valence-corrected chi connectivity index (χ2v) is 9.11. The van der Waals surface area contributed by atoms with Crippen LogP contribution in [0.25, 0.3) is 0 Å².